The van der Waals surface area contributed by atoms with Gasteiger partial charge in [0.25, 0.3) is 5.56 Å². The molecule has 0 unspecified atom stereocenters. The van der Waals surface area contributed by atoms with Gasteiger partial charge < -0.3 is 9.88 Å². The number of ketones is 1. The van der Waals surface area contributed by atoms with E-state index in [1.165, 1.54) is 6.07 Å². The number of benzene rings is 1. The van der Waals surface area contributed by atoms with E-state index >= 15 is 0 Å². The van der Waals surface area contributed by atoms with Crippen LogP contribution < -0.4 is 5.56 Å². The second kappa shape index (κ2) is 11.6. The van der Waals surface area contributed by atoms with Gasteiger partial charge in [0.05, 0.1) is 0 Å². The first kappa shape index (κ1) is 25.9. The molecule has 1 saturated carbocycles. The fourth-order valence-corrected chi connectivity index (χ4v) is 4.54. The number of Topliss-reactive ketones (excluding diaryl/α,β-unsaturated/α-hetero) is 1. The first-order valence-corrected chi connectivity index (χ1v) is 12.1. The molecule has 2 aromatic rings. The largest absolute Gasteiger partial charge is 0.421 e. The lowest BCUT2D eigenvalue weighted by Crippen LogP contribution is -2.24. The average Bonchev–Trinajstić information content (AvgIpc) is 3.33. The lowest BCUT2D eigenvalue weighted by molar-refractivity contribution is -0.138. The predicted octanol–water partition coefficient (Wildman–Crippen LogP) is 6.32. The maximum atomic E-state index is 13.1. The molecule has 7 heteroatoms. The molecule has 0 amide bonds. The summed E-state index contributed by atoms with van der Waals surface area (Å²) in [5.74, 6) is 0.380. The highest BCUT2D eigenvalue weighted by molar-refractivity contribution is 5.96. The Kier molecular flexibility index (Phi) is 8.89. The summed E-state index contributed by atoms with van der Waals surface area (Å²) >= 11 is 0. The molecule has 3 rings (SSSR count). The van der Waals surface area contributed by atoms with E-state index in [-0.39, 0.29) is 5.78 Å². The molecular formula is C27H33F3N2O2. The zero-order valence-corrected chi connectivity index (χ0v) is 19.9. The molecule has 0 radical (unpaired) electrons. The molecule has 1 aliphatic rings. The third-order valence-corrected chi connectivity index (χ3v) is 6.60. The Labute approximate surface area is 198 Å². The van der Waals surface area contributed by atoms with Crippen LogP contribution in [0.1, 0.15) is 79.6 Å². The third kappa shape index (κ3) is 6.69. The van der Waals surface area contributed by atoms with Crippen molar-refractivity contribution in [1.29, 1.82) is 0 Å². The number of rotatable bonds is 10. The predicted molar refractivity (Wildman–Crippen MR) is 129 cm³/mol. The van der Waals surface area contributed by atoms with Crippen molar-refractivity contribution >= 4 is 11.4 Å². The number of halogens is 3. The summed E-state index contributed by atoms with van der Waals surface area (Å²) < 4.78 is 39.2. The Hall–Kier alpha value is -2.67. The highest BCUT2D eigenvalue weighted by Gasteiger charge is 2.34. The monoisotopic (exact) mass is 474 g/mol. The first-order chi connectivity index (χ1) is 16.2. The molecule has 0 bridgehead atoms. The summed E-state index contributed by atoms with van der Waals surface area (Å²) in [6, 6.07) is 9.31. The number of alkyl halides is 3. The van der Waals surface area contributed by atoms with Gasteiger partial charge in [-0.1, -0.05) is 57.0 Å². The number of H-pyrrole nitrogens is 1. The Morgan fingerprint density at radius 1 is 1.03 bits per heavy atom. The Morgan fingerprint density at radius 3 is 2.21 bits per heavy atom. The van der Waals surface area contributed by atoms with Gasteiger partial charge in [0, 0.05) is 23.3 Å². The van der Waals surface area contributed by atoms with Crippen molar-refractivity contribution < 1.29 is 18.0 Å². The number of hydrogen-bond acceptors (Lipinski definition) is 3. The van der Waals surface area contributed by atoms with Gasteiger partial charge in [0.15, 0.2) is 5.78 Å². The zero-order valence-electron chi connectivity index (χ0n) is 19.9. The lowest BCUT2D eigenvalue weighted by atomic mass is 9.94. The average molecular weight is 475 g/mol. The van der Waals surface area contributed by atoms with Crippen LogP contribution in [0.4, 0.5) is 13.2 Å². The number of nitrogens with one attached hydrogen (secondary N) is 1. The molecule has 4 nitrogen and oxygen atoms in total. The van der Waals surface area contributed by atoms with Gasteiger partial charge in [-0.2, -0.15) is 13.2 Å². The molecule has 34 heavy (non-hydrogen) atoms. The first-order valence-electron chi connectivity index (χ1n) is 12.1. The van der Waals surface area contributed by atoms with E-state index in [4.69, 9.17) is 0 Å². The quantitative estimate of drug-likeness (QED) is 0.410. The number of aromatic nitrogens is 1. The number of pyridine rings is 1. The molecule has 1 aliphatic carbocycles. The van der Waals surface area contributed by atoms with Crippen molar-refractivity contribution in [3.05, 3.63) is 75.2 Å². The molecule has 1 aromatic heterocycles. The van der Waals surface area contributed by atoms with Crippen molar-refractivity contribution in [2.75, 3.05) is 19.6 Å². The minimum absolute atomic E-state index is 0.0722. The van der Waals surface area contributed by atoms with Gasteiger partial charge in [0.1, 0.15) is 5.56 Å². The highest BCUT2D eigenvalue weighted by atomic mass is 19.4. The van der Waals surface area contributed by atoms with E-state index in [2.05, 4.69) is 23.7 Å². The van der Waals surface area contributed by atoms with Crippen molar-refractivity contribution in [2.24, 2.45) is 5.92 Å². The van der Waals surface area contributed by atoms with Crippen LogP contribution in [-0.4, -0.2) is 35.3 Å². The van der Waals surface area contributed by atoms with E-state index in [0.29, 0.717) is 29.2 Å². The summed E-state index contributed by atoms with van der Waals surface area (Å²) in [6.07, 6.45) is 2.85. The lowest BCUT2D eigenvalue weighted by Gasteiger charge is -2.17. The van der Waals surface area contributed by atoms with Gasteiger partial charge in [-0.05, 0) is 62.5 Å². The van der Waals surface area contributed by atoms with Crippen molar-refractivity contribution in [2.45, 2.75) is 58.5 Å². The normalized spacial score (nSPS) is 15.3. The van der Waals surface area contributed by atoms with E-state index in [1.807, 2.05) is 18.2 Å². The molecule has 184 valence electrons. The third-order valence-electron chi connectivity index (χ3n) is 6.60. The van der Waals surface area contributed by atoms with Gasteiger partial charge in [-0.25, -0.2) is 0 Å². The standard InChI is InChI=1S/C27H33F3N2O2/c1-3-32(4-2)17-7-10-25(33)21-13-11-20(12-14-21)22(18-19-8-5-6-9-19)24-16-15-23(26(34)31-24)27(28,29)30/h11-16,18-19H,3-10,17H2,1-2H3,(H,31,34). The van der Waals surface area contributed by atoms with Crippen molar-refractivity contribution in [3.8, 4) is 0 Å². The SMILES string of the molecule is CCN(CC)CCCC(=O)c1ccc(C(=CC2CCCC2)c2ccc(C(F)(F)F)c(=O)[nH]2)cc1. The Bertz CT molecular complexity index is 1040. The van der Waals surface area contributed by atoms with Crippen molar-refractivity contribution in [3.63, 3.8) is 0 Å². The molecule has 1 heterocycles. The fourth-order valence-electron chi connectivity index (χ4n) is 4.54. The smallest absolute Gasteiger partial charge is 0.321 e. The molecule has 0 saturated heterocycles. The topological polar surface area (TPSA) is 53.2 Å². The van der Waals surface area contributed by atoms with E-state index in [1.54, 1.807) is 12.1 Å². The molecule has 1 fully saturated rings. The summed E-state index contributed by atoms with van der Waals surface area (Å²) in [5, 5.41) is 0. The molecule has 1 aromatic carbocycles. The summed E-state index contributed by atoms with van der Waals surface area (Å²) in [6.45, 7) is 7.00. The van der Waals surface area contributed by atoms with Gasteiger partial charge in [-0.3, -0.25) is 9.59 Å². The van der Waals surface area contributed by atoms with Crippen LogP contribution in [0.2, 0.25) is 0 Å². The number of nitrogens with zero attached hydrogens (tertiary/aromatic N) is 1. The second-order valence-corrected chi connectivity index (χ2v) is 8.87. The van der Waals surface area contributed by atoms with Gasteiger partial charge in [-0.15, -0.1) is 0 Å². The van der Waals surface area contributed by atoms with Crippen molar-refractivity contribution in [1.82, 2.24) is 9.88 Å². The summed E-state index contributed by atoms with van der Waals surface area (Å²) in [5.41, 5.74) is 0.0670. The molecule has 0 spiro atoms. The molecule has 1 N–H and O–H groups in total. The molecule has 0 aliphatic heterocycles. The van der Waals surface area contributed by atoms with Crippen LogP contribution in [-0.2, 0) is 6.18 Å². The van der Waals surface area contributed by atoms with Crippen LogP contribution >= 0.6 is 0 Å². The summed E-state index contributed by atoms with van der Waals surface area (Å²) in [7, 11) is 0. The minimum atomic E-state index is -4.70. The second-order valence-electron chi connectivity index (χ2n) is 8.87. The van der Waals surface area contributed by atoms with Gasteiger partial charge in [0.2, 0.25) is 0 Å². The Morgan fingerprint density at radius 2 is 1.65 bits per heavy atom. The minimum Gasteiger partial charge on any atom is -0.321 e. The summed E-state index contributed by atoms with van der Waals surface area (Å²) in [4.78, 5) is 29.5. The van der Waals surface area contributed by atoms with Crippen LogP contribution in [0.15, 0.2) is 47.3 Å². The number of hydrogen-bond donors (Lipinski definition) is 1. The van der Waals surface area contributed by atoms with E-state index in [9.17, 15) is 22.8 Å². The number of carbonyl (C=O) groups excluding carboxylic acids is 1. The number of carbonyl (C=O) groups is 1. The zero-order chi connectivity index (χ0) is 24.7. The molecule has 0 atom stereocenters. The molecular weight excluding hydrogens is 441 g/mol. The van der Waals surface area contributed by atoms with Crippen LogP contribution in [0.5, 0.6) is 0 Å². The maximum Gasteiger partial charge on any atom is 0.421 e. The highest BCUT2D eigenvalue weighted by Crippen LogP contribution is 2.32. The van der Waals surface area contributed by atoms with E-state index < -0.39 is 17.3 Å². The fraction of sp³-hybridized carbons (Fsp3) is 0.481. The number of allylic oxidation sites excluding steroid dienone is 1. The Balaban J connectivity index is 1.83. The number of aromatic amines is 1. The van der Waals surface area contributed by atoms with Gasteiger partial charge >= 0.3 is 6.18 Å². The van der Waals surface area contributed by atoms with Crippen LogP contribution in [0, 0.1) is 5.92 Å². The van der Waals surface area contributed by atoms with E-state index in [0.717, 1.165) is 63.4 Å². The van der Waals surface area contributed by atoms with Crippen LogP contribution in [0.25, 0.3) is 5.57 Å². The van der Waals surface area contributed by atoms with Crippen LogP contribution in [0.3, 0.4) is 0 Å². The maximum absolute atomic E-state index is 13.1.